The van der Waals surface area contributed by atoms with Crippen LogP contribution < -0.4 is 5.73 Å². The van der Waals surface area contributed by atoms with Crippen molar-refractivity contribution in [3.05, 3.63) is 50.6 Å². The minimum absolute atomic E-state index is 0.0930. The van der Waals surface area contributed by atoms with E-state index in [9.17, 15) is 4.79 Å². The van der Waals surface area contributed by atoms with E-state index in [1.54, 1.807) is 35.6 Å². The van der Waals surface area contributed by atoms with Gasteiger partial charge in [0, 0.05) is 27.0 Å². The lowest BCUT2D eigenvalue weighted by Crippen LogP contribution is -2.03. The molecule has 0 saturated carbocycles. The van der Waals surface area contributed by atoms with Gasteiger partial charge in [0.2, 0.25) is 0 Å². The van der Waals surface area contributed by atoms with Crippen molar-refractivity contribution in [2.75, 3.05) is 5.73 Å². The van der Waals surface area contributed by atoms with Crippen molar-refractivity contribution in [1.82, 2.24) is 0 Å². The van der Waals surface area contributed by atoms with Gasteiger partial charge in [0.1, 0.15) is 0 Å². The highest BCUT2D eigenvalue weighted by Gasteiger charge is 2.10. The molecule has 0 aliphatic rings. The van der Waals surface area contributed by atoms with Crippen LogP contribution in [0.25, 0.3) is 0 Å². The van der Waals surface area contributed by atoms with Crippen molar-refractivity contribution in [1.29, 1.82) is 0 Å². The first kappa shape index (κ1) is 11.4. The Balaban J connectivity index is 2.18. The maximum absolute atomic E-state index is 11.9. The molecule has 1 aromatic heterocycles. The third-order valence-corrected chi connectivity index (χ3v) is 4.15. The van der Waals surface area contributed by atoms with Gasteiger partial charge in [-0.25, -0.2) is 0 Å². The summed E-state index contributed by atoms with van der Waals surface area (Å²) in [4.78, 5) is 13.0. The molecule has 0 amide bonds. The second-order valence-electron chi connectivity index (χ2n) is 3.42. The normalized spacial score (nSPS) is 10.3. The molecule has 4 heteroatoms. The topological polar surface area (TPSA) is 43.1 Å². The maximum Gasteiger partial charge on any atom is 0.168 e. The number of benzene rings is 1. The zero-order valence-corrected chi connectivity index (χ0v) is 10.8. The number of rotatable bonds is 3. The highest BCUT2D eigenvalue weighted by molar-refractivity contribution is 9.10. The molecule has 0 aliphatic carbocycles. The van der Waals surface area contributed by atoms with E-state index in [1.807, 2.05) is 11.4 Å². The van der Waals surface area contributed by atoms with Crippen LogP contribution in [0.4, 0.5) is 5.69 Å². The Hall–Kier alpha value is -1.13. The van der Waals surface area contributed by atoms with Crippen LogP contribution in [0.15, 0.2) is 40.2 Å². The van der Waals surface area contributed by atoms with Gasteiger partial charge in [0.15, 0.2) is 5.78 Å². The van der Waals surface area contributed by atoms with Crippen molar-refractivity contribution in [2.24, 2.45) is 0 Å². The average Bonchev–Trinajstić information content (AvgIpc) is 2.64. The number of anilines is 1. The van der Waals surface area contributed by atoms with Crippen LogP contribution in [0.5, 0.6) is 0 Å². The average molecular weight is 296 g/mol. The third kappa shape index (κ3) is 2.51. The number of Topliss-reactive ketones (excluding diaryl/α,β-unsaturated/α-hetero) is 1. The van der Waals surface area contributed by atoms with E-state index in [0.29, 0.717) is 17.7 Å². The molecule has 0 radical (unpaired) electrons. The van der Waals surface area contributed by atoms with Gasteiger partial charge >= 0.3 is 0 Å². The summed E-state index contributed by atoms with van der Waals surface area (Å²) >= 11 is 4.99. The molecular formula is C12H10BrNOS. The zero-order valence-electron chi connectivity index (χ0n) is 8.44. The molecule has 0 unspecified atom stereocenters. The second kappa shape index (κ2) is 4.80. The first-order valence-corrected chi connectivity index (χ1v) is 6.44. The molecule has 1 heterocycles. The fourth-order valence-corrected chi connectivity index (χ4v) is 2.90. The summed E-state index contributed by atoms with van der Waals surface area (Å²) in [6, 6.07) is 9.03. The number of hydrogen-bond acceptors (Lipinski definition) is 3. The van der Waals surface area contributed by atoms with Crippen LogP contribution >= 0.6 is 27.3 Å². The van der Waals surface area contributed by atoms with Crippen LogP contribution in [-0.4, -0.2) is 5.78 Å². The quantitative estimate of drug-likeness (QED) is 0.695. The lowest BCUT2D eigenvalue weighted by atomic mass is 10.1. The Morgan fingerprint density at radius 3 is 2.81 bits per heavy atom. The van der Waals surface area contributed by atoms with Gasteiger partial charge in [0.05, 0.1) is 0 Å². The second-order valence-corrected chi connectivity index (χ2v) is 5.27. The minimum Gasteiger partial charge on any atom is -0.399 e. The number of ketones is 1. The Kier molecular flexibility index (Phi) is 3.41. The Bertz CT molecular complexity index is 521. The van der Waals surface area contributed by atoms with Crippen LogP contribution in [0, 0.1) is 0 Å². The fraction of sp³-hybridized carbons (Fsp3) is 0.0833. The minimum atomic E-state index is 0.0930. The Morgan fingerprint density at radius 2 is 2.19 bits per heavy atom. The van der Waals surface area contributed by atoms with Crippen molar-refractivity contribution in [2.45, 2.75) is 6.42 Å². The highest BCUT2D eigenvalue weighted by atomic mass is 79.9. The number of halogens is 1. The molecule has 16 heavy (non-hydrogen) atoms. The number of nitrogen functional groups attached to an aromatic ring is 1. The van der Waals surface area contributed by atoms with E-state index in [4.69, 9.17) is 5.73 Å². The van der Waals surface area contributed by atoms with Gasteiger partial charge in [-0.05, 0) is 39.5 Å². The van der Waals surface area contributed by atoms with Gasteiger partial charge in [-0.2, -0.15) is 0 Å². The molecule has 0 aliphatic heterocycles. The maximum atomic E-state index is 11.9. The zero-order chi connectivity index (χ0) is 11.5. The van der Waals surface area contributed by atoms with Crippen molar-refractivity contribution in [3.8, 4) is 0 Å². The van der Waals surface area contributed by atoms with Gasteiger partial charge in [-0.3, -0.25) is 4.79 Å². The highest BCUT2D eigenvalue weighted by Crippen LogP contribution is 2.24. The molecule has 0 spiro atoms. The van der Waals surface area contributed by atoms with E-state index in [-0.39, 0.29) is 5.78 Å². The van der Waals surface area contributed by atoms with Crippen LogP contribution in [0.3, 0.4) is 0 Å². The van der Waals surface area contributed by atoms with Gasteiger partial charge in [-0.15, -0.1) is 11.3 Å². The summed E-state index contributed by atoms with van der Waals surface area (Å²) < 4.78 is 0.995. The summed E-state index contributed by atoms with van der Waals surface area (Å²) in [7, 11) is 0. The van der Waals surface area contributed by atoms with Gasteiger partial charge in [0.25, 0.3) is 0 Å². The van der Waals surface area contributed by atoms with Crippen LogP contribution in [-0.2, 0) is 6.42 Å². The molecule has 2 N–H and O–H groups in total. The standard InChI is InChI=1S/C12H10BrNOS/c13-10-4-5-16-12(10)7-11(15)8-2-1-3-9(14)6-8/h1-6H,7,14H2. The van der Waals surface area contributed by atoms with E-state index in [0.717, 1.165) is 9.35 Å². The number of carbonyl (C=O) groups excluding carboxylic acids is 1. The number of hydrogen-bond donors (Lipinski definition) is 1. The largest absolute Gasteiger partial charge is 0.399 e. The first-order valence-electron chi connectivity index (χ1n) is 4.77. The molecule has 2 rings (SSSR count). The molecular weight excluding hydrogens is 286 g/mol. The monoisotopic (exact) mass is 295 g/mol. The van der Waals surface area contributed by atoms with Gasteiger partial charge < -0.3 is 5.73 Å². The van der Waals surface area contributed by atoms with Crippen molar-refractivity contribution in [3.63, 3.8) is 0 Å². The summed E-state index contributed by atoms with van der Waals surface area (Å²) in [5.74, 6) is 0.0930. The Morgan fingerprint density at radius 1 is 1.38 bits per heavy atom. The first-order chi connectivity index (χ1) is 7.66. The predicted octanol–water partition coefficient (Wildman–Crippen LogP) is 3.52. The van der Waals surface area contributed by atoms with Crippen LogP contribution in [0.2, 0.25) is 0 Å². The van der Waals surface area contributed by atoms with Crippen molar-refractivity contribution < 1.29 is 4.79 Å². The SMILES string of the molecule is Nc1cccc(C(=O)Cc2sccc2Br)c1. The number of carbonyl (C=O) groups is 1. The summed E-state index contributed by atoms with van der Waals surface area (Å²) in [6.07, 6.45) is 0.418. The number of thiophene rings is 1. The van der Waals surface area contributed by atoms with E-state index in [1.165, 1.54) is 0 Å². The van der Waals surface area contributed by atoms with E-state index < -0.39 is 0 Å². The summed E-state index contributed by atoms with van der Waals surface area (Å²) in [5.41, 5.74) is 6.93. The van der Waals surface area contributed by atoms with E-state index in [2.05, 4.69) is 15.9 Å². The lowest BCUT2D eigenvalue weighted by molar-refractivity contribution is 0.0993. The molecule has 2 nitrogen and oxygen atoms in total. The predicted molar refractivity (Wildman–Crippen MR) is 70.9 cm³/mol. The fourth-order valence-electron chi connectivity index (χ4n) is 1.41. The molecule has 0 saturated heterocycles. The Labute approximate surface area is 106 Å². The molecule has 2 aromatic rings. The molecule has 0 bridgehead atoms. The lowest BCUT2D eigenvalue weighted by Gasteiger charge is -2.01. The molecule has 82 valence electrons. The summed E-state index contributed by atoms with van der Waals surface area (Å²) in [5, 5.41) is 1.96. The van der Waals surface area contributed by atoms with Crippen LogP contribution in [0.1, 0.15) is 15.2 Å². The molecule has 0 atom stereocenters. The van der Waals surface area contributed by atoms with E-state index >= 15 is 0 Å². The van der Waals surface area contributed by atoms with Gasteiger partial charge in [-0.1, -0.05) is 12.1 Å². The van der Waals surface area contributed by atoms with Crippen molar-refractivity contribution >= 4 is 38.7 Å². The summed E-state index contributed by atoms with van der Waals surface area (Å²) in [6.45, 7) is 0. The molecule has 1 aromatic carbocycles. The smallest absolute Gasteiger partial charge is 0.168 e. The molecule has 0 fully saturated rings. The third-order valence-electron chi connectivity index (χ3n) is 2.22. The number of nitrogens with two attached hydrogens (primary N) is 1.